The summed E-state index contributed by atoms with van der Waals surface area (Å²) >= 11 is 5.46. The molecule has 0 spiro atoms. The van der Waals surface area contributed by atoms with E-state index in [1.54, 1.807) is 61.2 Å². The van der Waals surface area contributed by atoms with Crippen molar-refractivity contribution in [2.24, 2.45) is 0 Å². The van der Waals surface area contributed by atoms with E-state index in [0.29, 0.717) is 16.9 Å². The van der Waals surface area contributed by atoms with Crippen LogP contribution in [0.15, 0.2) is 199 Å². The van der Waals surface area contributed by atoms with Gasteiger partial charge < -0.3 is 33.4 Å². The molecule has 7 aromatic heterocycles. The Morgan fingerprint density at radius 3 is 1.49 bits per heavy atom. The Hall–Kier alpha value is -7.11. The topological polar surface area (TPSA) is 172 Å². The van der Waals surface area contributed by atoms with Gasteiger partial charge in [0.25, 0.3) is 5.56 Å². The number of aromatic nitrogens is 4. The fourth-order valence-corrected chi connectivity index (χ4v) is 8.33. The van der Waals surface area contributed by atoms with E-state index in [1.807, 2.05) is 117 Å². The zero-order chi connectivity index (χ0) is 57.7. The number of benzene rings is 4. The van der Waals surface area contributed by atoms with E-state index in [0.717, 1.165) is 99.8 Å². The number of pyridine rings is 4. The molecule has 0 atom stereocenters. The molecular formula is C66H77BBrIN4O7. The van der Waals surface area contributed by atoms with Gasteiger partial charge in [0, 0.05) is 60.4 Å². The van der Waals surface area contributed by atoms with Crippen LogP contribution in [0.3, 0.4) is 0 Å². The van der Waals surface area contributed by atoms with Crippen LogP contribution in [0.4, 0.5) is 0 Å². The molecule has 11 aromatic rings. The lowest BCUT2D eigenvalue weighted by atomic mass is 9.80. The third-order valence-electron chi connectivity index (χ3n) is 11.6. The fraction of sp³-hybridized carbons (Fsp3) is 0.242. The first-order valence-corrected chi connectivity index (χ1v) is 28.7. The van der Waals surface area contributed by atoms with Gasteiger partial charge >= 0.3 is 7.12 Å². The SMILES string of the molecule is C.CC.CC.CCCC.CCc1cc2cccnc2o1.CCc1oc2ncccc2c1-c1ccc(-c2ccc(O)cc2)cc1.CCc1oc2ncccc2c1Br.Cc1ccc(-c2ccc(B(O)O)cc2)cc1.O=c1[nH]cccc1I. The summed E-state index contributed by atoms with van der Waals surface area (Å²) in [6, 6.07) is 48.5. The average Bonchev–Trinajstić information content (AvgIpc) is 4.22. The monoisotopic (exact) mass is 1250 g/mol. The van der Waals surface area contributed by atoms with E-state index >= 15 is 0 Å². The second-order valence-electron chi connectivity index (χ2n) is 17.0. The zero-order valence-electron chi connectivity index (χ0n) is 46.9. The molecule has 0 aliphatic heterocycles. The standard InChI is InChI=1S/C21H17NO2.C13H13BO2.C9H8BrNO.C9H9NO.C5H4INO.C4H10.2C2H6.CH4/c1-2-19-20(18-4-3-13-22-21(18)24-19)16-7-5-14(6-8-16)15-9-11-17(23)12-10-15;1-10-2-4-11(5-3-10)12-6-8-13(9-7-12)14(15)16;1-2-7-8(10)6-4-3-5-11-9(6)12-7;1-2-8-6-7-4-3-5-10-9(7)11-8;6-4-2-1-3-7-5(4)8;1-3-4-2;2*1-2;/h3-13,23H,2H2,1H3;2-9,15-16H,1H3;3-5H,2H2,1H3;3-6H,2H2,1H3;1-3H,(H,7,8);3-4H2,1-2H3;2*1-2H3;1H4. The van der Waals surface area contributed by atoms with Crippen LogP contribution in [0.5, 0.6) is 5.75 Å². The second kappa shape index (κ2) is 36.2. The molecule has 11 nitrogen and oxygen atoms in total. The maximum atomic E-state index is 10.6. The molecule has 11 rings (SSSR count). The maximum Gasteiger partial charge on any atom is 0.488 e. The summed E-state index contributed by atoms with van der Waals surface area (Å²) in [5.74, 6) is 3.20. The van der Waals surface area contributed by atoms with Crippen molar-refractivity contribution >= 4 is 84.4 Å². The van der Waals surface area contributed by atoms with E-state index < -0.39 is 7.12 Å². The number of rotatable bonds is 8. The van der Waals surface area contributed by atoms with Gasteiger partial charge in [-0.3, -0.25) is 4.79 Å². The molecule has 0 radical (unpaired) electrons. The first-order valence-electron chi connectivity index (χ1n) is 26.8. The number of H-pyrrole nitrogens is 1. The van der Waals surface area contributed by atoms with Gasteiger partial charge in [0.15, 0.2) is 0 Å². The van der Waals surface area contributed by atoms with Crippen LogP contribution >= 0.6 is 38.5 Å². The summed E-state index contributed by atoms with van der Waals surface area (Å²) in [6.07, 6.45) is 12.1. The number of unbranched alkanes of at least 4 members (excludes halogenated alkanes) is 1. The van der Waals surface area contributed by atoms with Crippen LogP contribution in [0.2, 0.25) is 0 Å². The number of hydrogen-bond acceptors (Lipinski definition) is 10. The molecule has 0 unspecified atom stereocenters. The van der Waals surface area contributed by atoms with Crippen molar-refractivity contribution in [1.29, 1.82) is 0 Å². The summed E-state index contributed by atoms with van der Waals surface area (Å²) in [5, 5.41) is 30.6. The highest BCUT2D eigenvalue weighted by molar-refractivity contribution is 14.1. The number of hydrogen-bond donors (Lipinski definition) is 4. The van der Waals surface area contributed by atoms with Crippen LogP contribution in [-0.4, -0.2) is 42.2 Å². The Kier molecular flexibility index (Phi) is 30.4. The van der Waals surface area contributed by atoms with Crippen molar-refractivity contribution in [3.63, 3.8) is 0 Å². The third kappa shape index (κ3) is 19.9. The Bertz CT molecular complexity index is 3490. The lowest BCUT2D eigenvalue weighted by Crippen LogP contribution is -2.29. The molecule has 0 aliphatic carbocycles. The van der Waals surface area contributed by atoms with Gasteiger partial charge in [-0.25, -0.2) is 15.0 Å². The van der Waals surface area contributed by atoms with E-state index in [2.05, 4.69) is 126 Å². The van der Waals surface area contributed by atoms with Gasteiger partial charge in [0.05, 0.1) is 13.4 Å². The van der Waals surface area contributed by atoms with Crippen LogP contribution in [0, 0.1) is 10.5 Å². The van der Waals surface area contributed by atoms with E-state index in [-0.39, 0.29) is 18.7 Å². The molecule has 4 N–H and O–H groups in total. The van der Waals surface area contributed by atoms with Gasteiger partial charge in [-0.1, -0.05) is 173 Å². The maximum absolute atomic E-state index is 10.6. The molecular weight excluding hydrogens is 1180 g/mol. The number of aromatic hydroxyl groups is 1. The number of aryl methyl sites for hydroxylation is 4. The van der Waals surface area contributed by atoms with Gasteiger partial charge in [-0.05, 0) is 145 Å². The zero-order valence-corrected chi connectivity index (χ0v) is 50.7. The highest BCUT2D eigenvalue weighted by Gasteiger charge is 2.16. The predicted molar refractivity (Wildman–Crippen MR) is 347 cm³/mol. The van der Waals surface area contributed by atoms with Crippen molar-refractivity contribution in [3.8, 4) is 39.1 Å². The normalized spacial score (nSPS) is 9.88. The Morgan fingerprint density at radius 2 is 1.02 bits per heavy atom. The number of fused-ring (bicyclic) bond motifs is 3. The summed E-state index contributed by atoms with van der Waals surface area (Å²) in [6.45, 7) is 20.6. The number of phenolic OH excluding ortho intramolecular Hbond substituents is 1. The number of phenols is 1. The minimum atomic E-state index is -1.40. The molecule has 4 aromatic carbocycles. The van der Waals surface area contributed by atoms with E-state index in [4.69, 9.17) is 23.3 Å². The molecule has 7 heterocycles. The quantitative estimate of drug-likeness (QED) is 0.0848. The van der Waals surface area contributed by atoms with Crippen molar-refractivity contribution in [1.82, 2.24) is 19.9 Å². The largest absolute Gasteiger partial charge is 0.508 e. The first kappa shape index (κ1) is 67.2. The minimum Gasteiger partial charge on any atom is -0.508 e. The lowest BCUT2D eigenvalue weighted by Gasteiger charge is -2.05. The summed E-state index contributed by atoms with van der Waals surface area (Å²) < 4.78 is 18.6. The van der Waals surface area contributed by atoms with Crippen LogP contribution in [0.25, 0.3) is 66.7 Å². The number of halogens is 2. The Morgan fingerprint density at radius 1 is 0.562 bits per heavy atom. The average molecular weight is 1260 g/mol. The van der Waals surface area contributed by atoms with Gasteiger partial charge in [-0.2, -0.15) is 0 Å². The fourth-order valence-electron chi connectivity index (χ4n) is 7.30. The smallest absolute Gasteiger partial charge is 0.488 e. The molecule has 0 saturated carbocycles. The number of aromatic amines is 1. The number of furan rings is 3. The Labute approximate surface area is 495 Å². The molecule has 0 aliphatic rings. The summed E-state index contributed by atoms with van der Waals surface area (Å²) in [7, 11) is -1.40. The van der Waals surface area contributed by atoms with Crippen molar-refractivity contribution in [3.05, 3.63) is 218 Å². The molecule has 0 bridgehead atoms. The number of nitrogens with one attached hydrogen (secondary N) is 1. The highest BCUT2D eigenvalue weighted by atomic mass is 127. The highest BCUT2D eigenvalue weighted by Crippen LogP contribution is 2.36. The lowest BCUT2D eigenvalue weighted by molar-refractivity contribution is 0.426. The van der Waals surface area contributed by atoms with Crippen LogP contribution < -0.4 is 11.0 Å². The van der Waals surface area contributed by atoms with E-state index in [1.165, 1.54) is 18.4 Å². The Balaban J connectivity index is 0.000000264. The molecule has 420 valence electrons. The van der Waals surface area contributed by atoms with Crippen molar-refractivity contribution < 1.29 is 28.4 Å². The van der Waals surface area contributed by atoms with Gasteiger partial charge in [0.1, 0.15) is 23.0 Å². The molecule has 0 amide bonds. The van der Waals surface area contributed by atoms with E-state index in [9.17, 15) is 9.90 Å². The predicted octanol–water partition coefficient (Wildman–Crippen LogP) is 17.8. The second-order valence-corrected chi connectivity index (χ2v) is 18.9. The summed E-state index contributed by atoms with van der Waals surface area (Å²) in [5.41, 5.74) is 10.5. The van der Waals surface area contributed by atoms with Crippen molar-refractivity contribution in [2.45, 2.75) is 109 Å². The minimum absolute atomic E-state index is 0. The molecule has 0 fully saturated rings. The van der Waals surface area contributed by atoms with Crippen LogP contribution in [-0.2, 0) is 19.3 Å². The van der Waals surface area contributed by atoms with Gasteiger partial charge in [-0.15, -0.1) is 0 Å². The van der Waals surface area contributed by atoms with Gasteiger partial charge in [0.2, 0.25) is 17.1 Å². The third-order valence-corrected chi connectivity index (χ3v) is 13.3. The molecule has 80 heavy (non-hydrogen) atoms. The molecule has 0 saturated heterocycles. The molecule has 14 heteroatoms. The summed E-state index contributed by atoms with van der Waals surface area (Å²) in [4.78, 5) is 25.6. The first-order chi connectivity index (χ1) is 38.4. The van der Waals surface area contributed by atoms with Crippen molar-refractivity contribution in [2.75, 3.05) is 0 Å². The van der Waals surface area contributed by atoms with Crippen LogP contribution in [0.1, 0.15) is 105 Å². The number of nitrogens with zero attached hydrogens (tertiary/aromatic N) is 3.